The maximum atomic E-state index is 11.7. The van der Waals surface area contributed by atoms with Crippen LogP contribution in [0.1, 0.15) is 5.56 Å². The monoisotopic (exact) mass is 273 g/mol. The zero-order chi connectivity index (χ0) is 13.7. The van der Waals surface area contributed by atoms with E-state index in [1.165, 1.54) is 18.2 Å². The SMILES string of the molecule is O=C(C=Cc1ccccc1Cl)Nc1ccc(O)cc1. The van der Waals surface area contributed by atoms with E-state index in [1.807, 2.05) is 18.2 Å². The molecule has 0 unspecified atom stereocenters. The summed E-state index contributed by atoms with van der Waals surface area (Å²) in [6.07, 6.45) is 3.06. The van der Waals surface area contributed by atoms with E-state index in [-0.39, 0.29) is 11.7 Å². The maximum Gasteiger partial charge on any atom is 0.248 e. The van der Waals surface area contributed by atoms with Gasteiger partial charge in [0.05, 0.1) is 0 Å². The van der Waals surface area contributed by atoms with E-state index in [2.05, 4.69) is 5.32 Å². The minimum Gasteiger partial charge on any atom is -0.508 e. The molecule has 0 aliphatic rings. The number of benzene rings is 2. The van der Waals surface area contributed by atoms with Crippen LogP contribution in [0.5, 0.6) is 5.75 Å². The van der Waals surface area contributed by atoms with Crippen LogP contribution in [0.4, 0.5) is 5.69 Å². The van der Waals surface area contributed by atoms with E-state index < -0.39 is 0 Å². The van der Waals surface area contributed by atoms with Gasteiger partial charge in [0, 0.05) is 16.8 Å². The Bertz CT molecular complexity index is 606. The highest BCUT2D eigenvalue weighted by Gasteiger charge is 1.99. The Morgan fingerprint density at radius 1 is 1.11 bits per heavy atom. The molecule has 2 rings (SSSR count). The predicted molar refractivity (Wildman–Crippen MR) is 77.2 cm³/mol. The first-order valence-corrected chi connectivity index (χ1v) is 6.05. The highest BCUT2D eigenvalue weighted by Crippen LogP contribution is 2.17. The number of anilines is 1. The number of nitrogens with one attached hydrogen (secondary N) is 1. The number of phenols is 1. The molecule has 0 atom stereocenters. The topological polar surface area (TPSA) is 49.3 Å². The molecule has 2 aromatic rings. The van der Waals surface area contributed by atoms with Gasteiger partial charge in [0.2, 0.25) is 5.91 Å². The van der Waals surface area contributed by atoms with Gasteiger partial charge in [0.1, 0.15) is 5.75 Å². The van der Waals surface area contributed by atoms with Gasteiger partial charge < -0.3 is 10.4 Å². The quantitative estimate of drug-likeness (QED) is 0.662. The molecule has 4 heteroatoms. The smallest absolute Gasteiger partial charge is 0.248 e. The summed E-state index contributed by atoms with van der Waals surface area (Å²) >= 11 is 5.97. The third-order valence-corrected chi connectivity index (χ3v) is 2.80. The Morgan fingerprint density at radius 2 is 1.79 bits per heavy atom. The van der Waals surface area contributed by atoms with Crippen molar-refractivity contribution in [2.24, 2.45) is 0 Å². The minimum atomic E-state index is -0.259. The molecular formula is C15H12ClNO2. The molecule has 2 aromatic carbocycles. The third-order valence-electron chi connectivity index (χ3n) is 2.45. The average molecular weight is 274 g/mol. The molecule has 0 aliphatic heterocycles. The molecule has 96 valence electrons. The molecule has 3 nitrogen and oxygen atoms in total. The number of carbonyl (C=O) groups excluding carboxylic acids is 1. The number of amides is 1. The minimum absolute atomic E-state index is 0.157. The van der Waals surface area contributed by atoms with Crippen molar-refractivity contribution in [3.63, 3.8) is 0 Å². The molecule has 0 aromatic heterocycles. The Morgan fingerprint density at radius 3 is 2.47 bits per heavy atom. The fourth-order valence-electron chi connectivity index (χ4n) is 1.50. The van der Waals surface area contributed by atoms with Crippen LogP contribution in [0, 0.1) is 0 Å². The van der Waals surface area contributed by atoms with E-state index >= 15 is 0 Å². The number of hydrogen-bond acceptors (Lipinski definition) is 2. The van der Waals surface area contributed by atoms with E-state index in [0.29, 0.717) is 10.7 Å². The first-order chi connectivity index (χ1) is 9.15. The second kappa shape index (κ2) is 6.07. The lowest BCUT2D eigenvalue weighted by Crippen LogP contribution is -2.07. The highest BCUT2D eigenvalue weighted by molar-refractivity contribution is 6.32. The fourth-order valence-corrected chi connectivity index (χ4v) is 1.70. The summed E-state index contributed by atoms with van der Waals surface area (Å²) in [6, 6.07) is 13.5. The fraction of sp³-hybridized carbons (Fsp3) is 0. The van der Waals surface area contributed by atoms with Gasteiger partial charge in [-0.05, 0) is 42.0 Å². The first-order valence-electron chi connectivity index (χ1n) is 5.68. The van der Waals surface area contributed by atoms with Gasteiger partial charge in [0.25, 0.3) is 0 Å². The van der Waals surface area contributed by atoms with E-state index in [4.69, 9.17) is 16.7 Å². The molecule has 0 saturated heterocycles. The molecular weight excluding hydrogens is 262 g/mol. The Balaban J connectivity index is 2.02. The van der Waals surface area contributed by atoms with Crippen LogP contribution in [0.25, 0.3) is 6.08 Å². The lowest BCUT2D eigenvalue weighted by molar-refractivity contribution is -0.111. The summed E-state index contributed by atoms with van der Waals surface area (Å²) in [7, 11) is 0. The van der Waals surface area contributed by atoms with Crippen molar-refractivity contribution < 1.29 is 9.90 Å². The molecule has 0 bridgehead atoms. The molecule has 2 N–H and O–H groups in total. The van der Waals surface area contributed by atoms with Gasteiger partial charge in [0.15, 0.2) is 0 Å². The van der Waals surface area contributed by atoms with Crippen LogP contribution in [-0.4, -0.2) is 11.0 Å². The van der Waals surface area contributed by atoms with Gasteiger partial charge >= 0.3 is 0 Å². The Hall–Kier alpha value is -2.26. The van der Waals surface area contributed by atoms with E-state index in [9.17, 15) is 4.79 Å². The Kier molecular flexibility index (Phi) is 4.21. The maximum absolute atomic E-state index is 11.7. The summed E-state index contributed by atoms with van der Waals surface area (Å²) in [5, 5.41) is 12.4. The van der Waals surface area contributed by atoms with Crippen molar-refractivity contribution in [2.45, 2.75) is 0 Å². The number of carbonyl (C=O) groups is 1. The number of phenolic OH excluding ortho intramolecular Hbond substituents is 1. The standard InChI is InChI=1S/C15H12ClNO2/c16-14-4-2-1-3-11(14)5-10-15(19)17-12-6-8-13(18)9-7-12/h1-10,18H,(H,17,19). The second-order valence-corrected chi connectivity index (χ2v) is 4.30. The van der Waals surface area contributed by atoms with Gasteiger partial charge in [-0.3, -0.25) is 4.79 Å². The third kappa shape index (κ3) is 3.86. The number of hydrogen-bond donors (Lipinski definition) is 2. The summed E-state index contributed by atoms with van der Waals surface area (Å²) in [4.78, 5) is 11.7. The molecule has 1 amide bonds. The predicted octanol–water partition coefficient (Wildman–Crippen LogP) is 3.70. The van der Waals surface area contributed by atoms with E-state index in [1.54, 1.807) is 24.3 Å². The summed E-state index contributed by atoms with van der Waals surface area (Å²) in [6.45, 7) is 0. The zero-order valence-electron chi connectivity index (χ0n) is 10.0. The number of aromatic hydroxyl groups is 1. The normalized spacial score (nSPS) is 10.6. The van der Waals surface area contributed by atoms with Crippen molar-refractivity contribution in [1.82, 2.24) is 0 Å². The summed E-state index contributed by atoms with van der Waals surface area (Å²) in [5.41, 5.74) is 1.40. The summed E-state index contributed by atoms with van der Waals surface area (Å²) < 4.78 is 0. The van der Waals surface area contributed by atoms with Crippen molar-refractivity contribution in [3.8, 4) is 5.75 Å². The molecule has 19 heavy (non-hydrogen) atoms. The highest BCUT2D eigenvalue weighted by atomic mass is 35.5. The lowest BCUT2D eigenvalue weighted by atomic mass is 10.2. The van der Waals surface area contributed by atoms with Crippen LogP contribution in [0.3, 0.4) is 0 Å². The Labute approximate surface area is 116 Å². The number of halogens is 1. The second-order valence-electron chi connectivity index (χ2n) is 3.89. The van der Waals surface area contributed by atoms with Crippen molar-refractivity contribution in [3.05, 3.63) is 65.2 Å². The van der Waals surface area contributed by atoms with Gasteiger partial charge in [-0.15, -0.1) is 0 Å². The van der Waals surface area contributed by atoms with Crippen molar-refractivity contribution in [1.29, 1.82) is 0 Å². The van der Waals surface area contributed by atoms with E-state index in [0.717, 1.165) is 5.56 Å². The van der Waals surface area contributed by atoms with Crippen LogP contribution >= 0.6 is 11.6 Å². The van der Waals surface area contributed by atoms with Gasteiger partial charge in [-0.2, -0.15) is 0 Å². The van der Waals surface area contributed by atoms with Crippen molar-refractivity contribution >= 4 is 29.3 Å². The van der Waals surface area contributed by atoms with Crippen LogP contribution in [-0.2, 0) is 4.79 Å². The van der Waals surface area contributed by atoms with Crippen LogP contribution < -0.4 is 5.32 Å². The van der Waals surface area contributed by atoms with Crippen LogP contribution in [0.2, 0.25) is 5.02 Å². The average Bonchev–Trinajstić information content (AvgIpc) is 2.40. The van der Waals surface area contributed by atoms with Gasteiger partial charge in [-0.1, -0.05) is 29.8 Å². The van der Waals surface area contributed by atoms with Gasteiger partial charge in [-0.25, -0.2) is 0 Å². The molecule has 0 fully saturated rings. The molecule has 0 spiro atoms. The largest absolute Gasteiger partial charge is 0.508 e. The lowest BCUT2D eigenvalue weighted by Gasteiger charge is -2.02. The summed E-state index contributed by atoms with van der Waals surface area (Å²) in [5.74, 6) is -0.102. The molecule has 0 heterocycles. The number of rotatable bonds is 3. The molecule has 0 radical (unpaired) electrons. The molecule has 0 aliphatic carbocycles. The first kappa shape index (κ1) is 13.2. The molecule has 0 saturated carbocycles. The van der Waals surface area contributed by atoms with Crippen LogP contribution in [0.15, 0.2) is 54.6 Å². The van der Waals surface area contributed by atoms with Crippen molar-refractivity contribution in [2.75, 3.05) is 5.32 Å². The zero-order valence-corrected chi connectivity index (χ0v) is 10.8.